The van der Waals surface area contributed by atoms with Gasteiger partial charge in [0.2, 0.25) is 0 Å². The van der Waals surface area contributed by atoms with Crippen LogP contribution in [0.5, 0.6) is 0 Å². The van der Waals surface area contributed by atoms with Gasteiger partial charge in [0.25, 0.3) is 0 Å². The lowest BCUT2D eigenvalue weighted by Crippen LogP contribution is -2.70. The first-order valence-corrected chi connectivity index (χ1v) is 16.9. The Labute approximate surface area is 230 Å². The molecule has 1 aliphatic rings. The zero-order chi connectivity index (χ0) is 25.4. The summed E-state index contributed by atoms with van der Waals surface area (Å²) in [6.45, 7) is 0. The van der Waals surface area contributed by atoms with Gasteiger partial charge in [-0.15, -0.1) is 0 Å². The Morgan fingerprint density at radius 3 is 1.74 bits per heavy atom. The van der Waals surface area contributed by atoms with Crippen LogP contribution in [-0.4, -0.2) is 24.1 Å². The summed E-state index contributed by atoms with van der Waals surface area (Å²) in [6.07, 6.45) is 2.56. The molecule has 3 heteroatoms. The fourth-order valence-corrected chi connectivity index (χ4v) is 14.1. The molecule has 1 aromatic heterocycles. The maximum atomic E-state index is 2.57. The highest BCUT2D eigenvalue weighted by molar-refractivity contribution is 7.99. The molecule has 1 saturated heterocycles. The van der Waals surface area contributed by atoms with Gasteiger partial charge < -0.3 is 4.57 Å². The van der Waals surface area contributed by atoms with Crippen LogP contribution in [0.4, 0.5) is 0 Å². The number of para-hydroxylation sites is 2. The summed E-state index contributed by atoms with van der Waals surface area (Å²) in [5.41, 5.74) is 4.44. The van der Waals surface area contributed by atoms with Gasteiger partial charge in [-0.25, -0.2) is 0 Å². The lowest BCUT2D eigenvalue weighted by molar-refractivity contribution is 0.743. The van der Waals surface area contributed by atoms with Gasteiger partial charge >= 0.3 is 0 Å². The van der Waals surface area contributed by atoms with Crippen molar-refractivity contribution in [3.8, 4) is 5.69 Å². The zero-order valence-corrected chi connectivity index (χ0v) is 23.3. The minimum Gasteiger partial charge on any atom is -0.309 e. The van der Waals surface area contributed by atoms with Crippen molar-refractivity contribution < 1.29 is 0 Å². The molecule has 0 bridgehead atoms. The number of nitrogens with zero attached hydrogens (tertiary/aromatic N) is 1. The highest BCUT2D eigenvalue weighted by Crippen LogP contribution is 2.37. The Balaban J connectivity index is 1.56. The molecule has 0 N–H and O–H groups in total. The lowest BCUT2D eigenvalue weighted by Gasteiger charge is -2.42. The molecule has 0 radical (unpaired) electrons. The van der Waals surface area contributed by atoms with Gasteiger partial charge in [0, 0.05) is 16.5 Å². The molecule has 7 rings (SSSR count). The maximum absolute atomic E-state index is 2.57. The number of hydrogen-bond acceptors (Lipinski definition) is 1. The first-order chi connectivity index (χ1) is 18.9. The molecule has 38 heavy (non-hydrogen) atoms. The third-order valence-corrected chi connectivity index (χ3v) is 15.0. The fraction of sp³-hybridized carbons (Fsp3) is 0.143. The summed E-state index contributed by atoms with van der Waals surface area (Å²) in [5.74, 6) is 2.52. The number of thioether (sulfide) groups is 1. The van der Waals surface area contributed by atoms with E-state index in [9.17, 15) is 0 Å². The first kappa shape index (κ1) is 23.6. The normalized spacial score (nSPS) is 14.7. The predicted molar refractivity (Wildman–Crippen MR) is 169 cm³/mol. The Kier molecular flexibility index (Phi) is 6.19. The largest absolute Gasteiger partial charge is 0.309 e. The molecule has 1 nitrogen and oxygen atoms in total. The number of fused-ring (bicyclic) bond motifs is 3. The van der Waals surface area contributed by atoms with Crippen LogP contribution in [0, 0.1) is 0 Å². The summed E-state index contributed by atoms with van der Waals surface area (Å²) in [7, 11) is -2.32. The predicted octanol–water partition coefficient (Wildman–Crippen LogP) is 7.15. The zero-order valence-electron chi connectivity index (χ0n) is 21.5. The second-order valence-electron chi connectivity index (χ2n) is 10.3. The van der Waals surface area contributed by atoms with Crippen molar-refractivity contribution in [2.24, 2.45) is 0 Å². The third-order valence-electron chi connectivity index (χ3n) is 8.43. The molecule has 186 valence electrons. The van der Waals surface area contributed by atoms with Crippen molar-refractivity contribution in [1.82, 2.24) is 4.57 Å². The summed E-state index contributed by atoms with van der Waals surface area (Å²) in [6, 6.07) is 50.1. The quantitative estimate of drug-likeness (QED) is 0.171. The Hall–Kier alpha value is -3.53. The van der Waals surface area contributed by atoms with E-state index in [0.29, 0.717) is 5.54 Å². The Morgan fingerprint density at radius 1 is 0.526 bits per heavy atom. The SMILES string of the molecule is c1ccc(-n2c3ccccc3c3cc([Si](c4ccccc4)(c4ccccc4)C4CCSCC4)ccc32)cc1. The molecule has 1 fully saturated rings. The molecule has 0 atom stereocenters. The molecular formula is C35H31NSSi. The topological polar surface area (TPSA) is 4.93 Å². The Bertz CT molecular complexity index is 1650. The van der Waals surface area contributed by atoms with Crippen molar-refractivity contribution in [2.45, 2.75) is 18.4 Å². The van der Waals surface area contributed by atoms with Crippen LogP contribution >= 0.6 is 11.8 Å². The summed E-state index contributed by atoms with van der Waals surface area (Å²) >= 11 is 2.12. The Morgan fingerprint density at radius 2 is 1.08 bits per heavy atom. The van der Waals surface area contributed by atoms with Crippen LogP contribution in [-0.2, 0) is 0 Å². The fourth-order valence-electron chi connectivity index (χ4n) is 6.81. The number of aromatic nitrogens is 1. The average Bonchev–Trinajstić information content (AvgIpc) is 3.34. The second kappa shape index (κ2) is 9.98. The third kappa shape index (κ3) is 3.76. The molecule has 0 amide bonds. The average molecular weight is 526 g/mol. The van der Waals surface area contributed by atoms with Crippen LogP contribution in [0.3, 0.4) is 0 Å². The minimum atomic E-state index is -2.32. The standard InChI is InChI=1S/C35H31NSSi/c1-4-12-27(13-5-1)36-34-19-11-10-18-32(34)33-26-31(20-21-35(33)36)38(28-14-6-2-7-15-28,29-16-8-3-9-17-29)30-22-24-37-25-23-30/h1-21,26,30H,22-25H2. The van der Waals surface area contributed by atoms with Crippen LogP contribution in [0.25, 0.3) is 27.5 Å². The van der Waals surface area contributed by atoms with Crippen molar-refractivity contribution in [1.29, 1.82) is 0 Å². The highest BCUT2D eigenvalue weighted by atomic mass is 32.2. The second-order valence-corrected chi connectivity index (χ2v) is 15.7. The molecule has 6 aromatic rings. The smallest absolute Gasteiger partial charge is 0.151 e. The van der Waals surface area contributed by atoms with Crippen molar-refractivity contribution >= 4 is 57.2 Å². The first-order valence-electron chi connectivity index (χ1n) is 13.7. The summed E-state index contributed by atoms with van der Waals surface area (Å²) in [4.78, 5) is 0. The highest BCUT2D eigenvalue weighted by Gasteiger charge is 2.46. The van der Waals surface area contributed by atoms with E-state index in [4.69, 9.17) is 0 Å². The maximum Gasteiger partial charge on any atom is 0.151 e. The van der Waals surface area contributed by atoms with E-state index in [2.05, 4.69) is 150 Å². The van der Waals surface area contributed by atoms with Crippen LogP contribution in [0.2, 0.25) is 5.54 Å². The molecule has 0 saturated carbocycles. The van der Waals surface area contributed by atoms with Gasteiger partial charge in [-0.05, 0) is 69.7 Å². The van der Waals surface area contributed by atoms with Gasteiger partial charge in [0.05, 0.1) is 11.0 Å². The summed E-state index contributed by atoms with van der Waals surface area (Å²) in [5, 5.41) is 7.30. The molecular weight excluding hydrogens is 495 g/mol. The number of benzene rings is 5. The van der Waals surface area contributed by atoms with Gasteiger partial charge in [-0.3, -0.25) is 0 Å². The van der Waals surface area contributed by atoms with E-state index in [1.807, 2.05) is 0 Å². The number of hydrogen-bond donors (Lipinski definition) is 0. The van der Waals surface area contributed by atoms with Gasteiger partial charge in [0.1, 0.15) is 0 Å². The summed E-state index contributed by atoms with van der Waals surface area (Å²) < 4.78 is 2.43. The van der Waals surface area contributed by atoms with E-state index in [1.54, 1.807) is 0 Å². The van der Waals surface area contributed by atoms with Gasteiger partial charge in [0.15, 0.2) is 8.07 Å². The molecule has 2 heterocycles. The van der Waals surface area contributed by atoms with Crippen molar-refractivity contribution in [3.05, 3.63) is 133 Å². The van der Waals surface area contributed by atoms with Crippen LogP contribution < -0.4 is 15.6 Å². The van der Waals surface area contributed by atoms with E-state index >= 15 is 0 Å². The molecule has 0 unspecified atom stereocenters. The van der Waals surface area contributed by atoms with Gasteiger partial charge in [-0.2, -0.15) is 11.8 Å². The minimum absolute atomic E-state index is 0.675. The number of rotatable bonds is 5. The van der Waals surface area contributed by atoms with Crippen LogP contribution in [0.15, 0.2) is 133 Å². The van der Waals surface area contributed by atoms with E-state index in [0.717, 1.165) is 0 Å². The molecule has 0 aliphatic carbocycles. The van der Waals surface area contributed by atoms with E-state index in [1.165, 1.54) is 67.4 Å². The van der Waals surface area contributed by atoms with Crippen molar-refractivity contribution in [3.63, 3.8) is 0 Å². The lowest BCUT2D eigenvalue weighted by atomic mass is 10.1. The monoisotopic (exact) mass is 525 g/mol. The molecule has 5 aromatic carbocycles. The van der Waals surface area contributed by atoms with Gasteiger partial charge in [-0.1, -0.05) is 109 Å². The van der Waals surface area contributed by atoms with Crippen molar-refractivity contribution in [2.75, 3.05) is 11.5 Å². The molecule has 1 aliphatic heterocycles. The molecule has 0 spiro atoms. The van der Waals surface area contributed by atoms with Crippen LogP contribution in [0.1, 0.15) is 12.8 Å². The van der Waals surface area contributed by atoms with E-state index < -0.39 is 8.07 Å². The van der Waals surface area contributed by atoms with E-state index in [-0.39, 0.29) is 0 Å².